The van der Waals surface area contributed by atoms with Gasteiger partial charge in [-0.1, -0.05) is 107 Å². The maximum Gasteiger partial charge on any atom is 0.220 e. The Morgan fingerprint density at radius 1 is 0.426 bits per heavy atom. The highest BCUT2D eigenvalue weighted by Gasteiger charge is 2.35. The third-order valence-corrected chi connectivity index (χ3v) is 20.2. The maximum absolute atomic E-state index is 8.48. The minimum absolute atomic E-state index is 0.364. The molecule has 18 rings (SSSR count). The van der Waals surface area contributed by atoms with E-state index in [0.717, 1.165) is 141 Å². The lowest BCUT2D eigenvalue weighted by Gasteiger charge is -2.16. The molecule has 0 radical (unpaired) electrons. The number of hydrogen-bond donors (Lipinski definition) is 0. The minimum Gasteiger partial charge on any atom is -0.296 e. The zero-order chi connectivity index (χ0) is 70.6. The standard InChI is InChI=1S/C30H30N3.C29H28N3.C26H22N3/c1-18(2)14-21-10-11-23-22(16-21)12-13-32(5)30(23)29-20(4)19(3)15-27-24(29)17-28-31-25-8-6-7-9-26(25)33(27)28;1-17(2)20-10-11-22-21(15-20)12-13-31(5)29(22)28-19(4)18(3)14-26-23(28)16-27-30-24-8-6-7-9-25(24)32(26)27;1-16-14-23-20(15-24-27-21-10-6-7-11-22(21)29(23)24)25(17(16)2)26-19-9-5-4-8-18(19)12-13-28(26)3/h6-13,15-16,18H,14,17H2,1-5H3;6-15,17H,16H2,1-5H3;4-14H,15H2,1-3H3/q3*+1/i;3D3,17D;1D3. The first-order valence-electron chi connectivity index (χ1n) is 36.3. The minimum atomic E-state index is -2.25. The Labute approximate surface area is 560 Å². The van der Waals surface area contributed by atoms with Gasteiger partial charge in [0.05, 0.1) is 83.0 Å². The lowest BCUT2D eigenvalue weighted by atomic mass is 9.89. The molecule has 9 aromatic carbocycles. The Hall–Kier alpha value is -10.4. The summed E-state index contributed by atoms with van der Waals surface area (Å²) in [6.45, 7) is 12.3. The van der Waals surface area contributed by atoms with Crippen molar-refractivity contribution in [2.45, 2.75) is 101 Å². The van der Waals surface area contributed by atoms with Crippen molar-refractivity contribution in [1.82, 2.24) is 28.7 Å². The molecular weight excluding hydrogens is 1150 g/mol. The molecule has 0 bridgehead atoms. The zero-order valence-corrected chi connectivity index (χ0v) is 55.3. The van der Waals surface area contributed by atoms with Crippen molar-refractivity contribution in [3.63, 3.8) is 0 Å². The van der Waals surface area contributed by atoms with E-state index in [9.17, 15) is 0 Å². The third-order valence-electron chi connectivity index (χ3n) is 20.2. The molecule has 0 saturated heterocycles. The predicted octanol–water partition coefficient (Wildman–Crippen LogP) is 17.9. The fourth-order valence-corrected chi connectivity index (χ4v) is 15.5. The zero-order valence-electron chi connectivity index (χ0n) is 62.3. The number of para-hydroxylation sites is 6. The summed E-state index contributed by atoms with van der Waals surface area (Å²) in [6, 6.07) is 58.5. The van der Waals surface area contributed by atoms with E-state index in [1.54, 1.807) is 0 Å². The van der Waals surface area contributed by atoms with Gasteiger partial charge in [-0.15, -0.1) is 0 Å². The first kappa shape index (κ1) is 51.2. The Kier molecular flexibility index (Phi) is 12.2. The first-order chi connectivity index (χ1) is 48.2. The fourth-order valence-electron chi connectivity index (χ4n) is 15.5. The van der Waals surface area contributed by atoms with E-state index in [2.05, 4.69) is 159 Å². The third kappa shape index (κ3) is 9.32. The summed E-state index contributed by atoms with van der Waals surface area (Å²) in [7, 11) is 6.21. The maximum atomic E-state index is 8.48. The molecule has 0 saturated carbocycles. The number of rotatable bonds is 6. The molecule has 94 heavy (non-hydrogen) atoms. The second-order valence-corrected chi connectivity index (χ2v) is 26.9. The largest absolute Gasteiger partial charge is 0.296 e. The van der Waals surface area contributed by atoms with Crippen LogP contribution in [0.5, 0.6) is 0 Å². The van der Waals surface area contributed by atoms with Crippen LogP contribution in [0, 0.1) is 47.3 Å². The number of pyridine rings is 3. The summed E-state index contributed by atoms with van der Waals surface area (Å²) in [4.78, 5) is 14.7. The molecule has 9 nitrogen and oxygen atoms in total. The molecule has 0 aliphatic carbocycles. The summed E-state index contributed by atoms with van der Waals surface area (Å²) < 4.78 is 71.4. The number of nitrogens with zero attached hydrogens (tertiary/aromatic N) is 9. The van der Waals surface area contributed by atoms with Crippen LogP contribution in [-0.2, 0) is 46.8 Å². The van der Waals surface area contributed by atoms with Gasteiger partial charge in [0.15, 0.2) is 18.6 Å². The molecule has 3 aliphatic rings. The van der Waals surface area contributed by atoms with Crippen molar-refractivity contribution in [2.75, 3.05) is 0 Å². The van der Waals surface area contributed by atoms with Gasteiger partial charge < -0.3 is 0 Å². The van der Waals surface area contributed by atoms with Crippen molar-refractivity contribution in [1.29, 1.82) is 0 Å². The van der Waals surface area contributed by atoms with Gasteiger partial charge in [-0.25, -0.2) is 28.7 Å². The van der Waals surface area contributed by atoms with Crippen LogP contribution >= 0.6 is 0 Å². The van der Waals surface area contributed by atoms with Crippen LogP contribution < -0.4 is 13.7 Å². The quantitative estimate of drug-likeness (QED) is 0.156. The van der Waals surface area contributed by atoms with Gasteiger partial charge in [-0.05, 0) is 210 Å². The SMILES string of the molecule is Cc1cc2c(c(-c3c4ccc(CC(C)C)cc4cc[n+]3C)c1C)Cc1nc3ccccc3n1-2.[2H]C([2H])([2H])c1cc2c(c(-c3c4ccc(C([2H])(C)C)cc4cc[n+]3C)c1C)Cc1nc3ccccc3n1-2.[2H]C([2H])([2H])c1cc2c(c(-c3c4ccccc4cc[n+]3C)c1C)Cc1nc3ccccc3n1-2. The lowest BCUT2D eigenvalue weighted by molar-refractivity contribution is -0.659. The molecule has 3 aliphatic heterocycles. The second-order valence-electron chi connectivity index (χ2n) is 26.9. The number of hydrogen-bond acceptors (Lipinski definition) is 3. The average Bonchev–Trinajstić information content (AvgIpc) is 1.62. The first-order valence-corrected chi connectivity index (χ1v) is 32.8. The predicted molar refractivity (Wildman–Crippen MR) is 385 cm³/mol. The summed E-state index contributed by atoms with van der Waals surface area (Å²) in [5.74, 6) is 2.96. The van der Waals surface area contributed by atoms with Crippen LogP contribution in [0.15, 0.2) is 188 Å². The van der Waals surface area contributed by atoms with Crippen molar-refractivity contribution >= 4 is 65.4 Å². The molecule has 0 amide bonds. The topological polar surface area (TPSA) is 65.1 Å². The summed E-state index contributed by atoms with van der Waals surface area (Å²) in [6.07, 6.45) is 9.57. The molecule has 6 aromatic heterocycles. The number of aryl methyl sites for hydroxylation is 6. The number of benzene rings is 9. The summed E-state index contributed by atoms with van der Waals surface area (Å²) in [5.41, 5.74) is 26.9. The highest BCUT2D eigenvalue weighted by atomic mass is 15.1. The lowest BCUT2D eigenvalue weighted by Crippen LogP contribution is -2.31. The second kappa shape index (κ2) is 22.4. The Balaban J connectivity index is 0.000000118. The van der Waals surface area contributed by atoms with E-state index in [1.807, 2.05) is 133 Å². The molecule has 0 unspecified atom stereocenters. The number of imidazole rings is 3. The highest BCUT2D eigenvalue weighted by molar-refractivity contribution is 5.99. The fraction of sp³-hybridized carbons (Fsp3) is 0.224. The molecule has 0 spiro atoms. The van der Waals surface area contributed by atoms with Crippen molar-refractivity contribution in [3.8, 4) is 50.8 Å². The van der Waals surface area contributed by atoms with Gasteiger partial charge >= 0.3 is 0 Å². The van der Waals surface area contributed by atoms with Crippen LogP contribution in [0.2, 0.25) is 0 Å². The van der Waals surface area contributed by atoms with E-state index in [0.29, 0.717) is 29.9 Å². The smallest absolute Gasteiger partial charge is 0.220 e. The van der Waals surface area contributed by atoms with Gasteiger partial charge in [0.1, 0.15) is 38.6 Å². The van der Waals surface area contributed by atoms with E-state index >= 15 is 0 Å². The molecule has 9 heterocycles. The molecular formula is C85H80N9+3. The average molecular weight is 1230 g/mol. The van der Waals surface area contributed by atoms with Crippen LogP contribution in [0.3, 0.4) is 0 Å². The molecule has 462 valence electrons. The number of aromatic nitrogens is 9. The Bertz CT molecular complexity index is 6000. The van der Waals surface area contributed by atoms with Crippen LogP contribution in [0.25, 0.3) is 116 Å². The van der Waals surface area contributed by atoms with Gasteiger partial charge in [0.25, 0.3) is 0 Å². The van der Waals surface area contributed by atoms with Gasteiger partial charge in [0, 0.05) is 47.1 Å². The van der Waals surface area contributed by atoms with Gasteiger partial charge in [0.2, 0.25) is 17.1 Å². The normalized spacial score (nSPS) is 14.1. The van der Waals surface area contributed by atoms with Crippen LogP contribution in [-0.4, -0.2) is 28.7 Å². The molecule has 15 aromatic rings. The van der Waals surface area contributed by atoms with Crippen molar-refractivity contribution in [2.24, 2.45) is 27.1 Å². The Morgan fingerprint density at radius 2 is 0.809 bits per heavy atom. The molecule has 9 heteroatoms. The monoisotopic (exact) mass is 1230 g/mol. The van der Waals surface area contributed by atoms with E-state index in [1.165, 1.54) is 55.5 Å². The molecule has 0 N–H and O–H groups in total. The molecule has 0 atom stereocenters. The molecule has 0 fully saturated rings. The Morgan fingerprint density at radius 3 is 1.26 bits per heavy atom. The van der Waals surface area contributed by atoms with Crippen molar-refractivity contribution in [3.05, 3.63) is 267 Å². The summed E-state index contributed by atoms with van der Waals surface area (Å²) in [5, 5.41) is 6.95. The number of fused-ring (bicyclic) bond motifs is 18. The van der Waals surface area contributed by atoms with E-state index in [4.69, 9.17) is 24.5 Å². The van der Waals surface area contributed by atoms with Crippen LogP contribution in [0.4, 0.5) is 0 Å². The van der Waals surface area contributed by atoms with Gasteiger partial charge in [-0.3, -0.25) is 13.7 Å². The van der Waals surface area contributed by atoms with E-state index < -0.39 is 19.6 Å². The highest BCUT2D eigenvalue weighted by Crippen LogP contribution is 2.46. The van der Waals surface area contributed by atoms with Gasteiger partial charge in [-0.2, -0.15) is 0 Å². The van der Waals surface area contributed by atoms with Crippen molar-refractivity contribution < 1.29 is 23.3 Å². The summed E-state index contributed by atoms with van der Waals surface area (Å²) >= 11 is 0. The van der Waals surface area contributed by atoms with Crippen LogP contribution in [0.1, 0.15) is 122 Å². The van der Waals surface area contributed by atoms with E-state index in [-0.39, 0.29) is 0 Å².